The Morgan fingerprint density at radius 1 is 1.29 bits per heavy atom. The molecular weight excluding hydrogens is 206 g/mol. The molecule has 1 aromatic carbocycles. The van der Waals surface area contributed by atoms with Crippen LogP contribution in [0.5, 0.6) is 5.75 Å². The first-order valence-electron chi connectivity index (χ1n) is 3.31. The van der Waals surface area contributed by atoms with Crippen LogP contribution in [-0.4, -0.2) is 21.3 Å². The van der Waals surface area contributed by atoms with Crippen LogP contribution >= 0.6 is 0 Å². The predicted octanol–water partition coefficient (Wildman–Crippen LogP) is -5.26. The van der Waals surface area contributed by atoms with Crippen LogP contribution in [0.2, 0.25) is 0 Å². The number of phenols is 1. The quantitative estimate of drug-likeness (QED) is 0.432. The van der Waals surface area contributed by atoms with E-state index in [1.54, 1.807) is 12.1 Å². The zero-order chi connectivity index (χ0) is 9.14. The minimum absolute atomic E-state index is 0. The second-order valence-corrected chi connectivity index (χ2v) is 2.30. The van der Waals surface area contributed by atoms with Gasteiger partial charge in [0.15, 0.2) is 6.10 Å². The van der Waals surface area contributed by atoms with Gasteiger partial charge in [-0.25, -0.2) is 4.79 Å². The molecule has 1 rings (SSSR count). The Balaban J connectivity index is -0.000000180. The van der Waals surface area contributed by atoms with Gasteiger partial charge in [-0.1, -0.05) is 18.2 Å². The molecule has 1 unspecified atom stereocenters. The van der Waals surface area contributed by atoms with E-state index >= 15 is 0 Å². The normalized spacial score (nSPS) is 10.6. The van der Waals surface area contributed by atoms with Gasteiger partial charge in [0.2, 0.25) is 0 Å². The van der Waals surface area contributed by atoms with E-state index < -0.39 is 12.1 Å². The van der Waals surface area contributed by atoms with Gasteiger partial charge in [-0.3, -0.25) is 0 Å². The smallest absolute Gasteiger partial charge is 1.00 e. The molecule has 0 aliphatic rings. The summed E-state index contributed by atoms with van der Waals surface area (Å²) < 4.78 is 0. The van der Waals surface area contributed by atoms with Gasteiger partial charge in [-0.15, -0.1) is 0 Å². The van der Waals surface area contributed by atoms with E-state index in [0.29, 0.717) is 0 Å². The van der Waals surface area contributed by atoms with E-state index in [1.807, 2.05) is 0 Å². The summed E-state index contributed by atoms with van der Waals surface area (Å²) >= 11 is 0. The predicted molar refractivity (Wildman–Crippen MR) is 42.9 cm³/mol. The number of para-hydroxylation sites is 1. The van der Waals surface area contributed by atoms with Crippen molar-refractivity contribution in [1.29, 1.82) is 0 Å². The molecule has 6 heteroatoms. The van der Waals surface area contributed by atoms with Crippen molar-refractivity contribution < 1.29 is 82.1 Å². The summed E-state index contributed by atoms with van der Waals surface area (Å²) in [6.07, 6.45) is -1.66. The molecule has 0 saturated carbocycles. The number of aromatic hydroxyl groups is 1. The molecule has 4 nitrogen and oxygen atoms in total. The number of carboxylic acids is 1. The van der Waals surface area contributed by atoms with Crippen molar-refractivity contribution in [2.45, 2.75) is 6.10 Å². The summed E-state index contributed by atoms with van der Waals surface area (Å²) in [5, 5.41) is 26.5. The van der Waals surface area contributed by atoms with Crippen LogP contribution in [0.15, 0.2) is 24.3 Å². The molecule has 0 aromatic heterocycles. The number of carboxylic acid groups (broad SMARTS) is 1. The first kappa shape index (κ1) is 16.9. The number of carbonyl (C=O) groups is 1. The molecule has 1 atom stereocenters. The third-order valence-corrected chi connectivity index (χ3v) is 1.47. The monoisotopic (exact) mass is 216 g/mol. The standard InChI is InChI=1S/C8H8O4.2Na.2H/c9-6-4-2-1-3-5(6)7(10)8(11)12;;;;/h1-4,7,9-10H,(H,11,12);;;;/q;2*+1;2*-1. The average molecular weight is 216 g/mol. The zero-order valence-corrected chi connectivity index (χ0v) is 12.1. The largest absolute Gasteiger partial charge is 1.00 e. The maximum Gasteiger partial charge on any atom is 1.00 e. The first-order chi connectivity index (χ1) is 5.63. The van der Waals surface area contributed by atoms with Crippen molar-refractivity contribution in [3.63, 3.8) is 0 Å². The van der Waals surface area contributed by atoms with E-state index in [2.05, 4.69) is 0 Å². The number of aliphatic hydroxyl groups is 1. The van der Waals surface area contributed by atoms with Gasteiger partial charge in [0, 0.05) is 5.56 Å². The summed E-state index contributed by atoms with van der Waals surface area (Å²) in [6, 6.07) is 5.77. The number of benzene rings is 1. The van der Waals surface area contributed by atoms with Crippen LogP contribution in [0.3, 0.4) is 0 Å². The molecule has 1 aromatic rings. The molecule has 0 spiro atoms. The Morgan fingerprint density at radius 2 is 1.79 bits per heavy atom. The Morgan fingerprint density at radius 3 is 2.21 bits per heavy atom. The molecule has 0 heterocycles. The summed E-state index contributed by atoms with van der Waals surface area (Å²) in [7, 11) is 0. The fourth-order valence-corrected chi connectivity index (χ4v) is 0.852. The van der Waals surface area contributed by atoms with Gasteiger partial charge in [-0.2, -0.15) is 0 Å². The van der Waals surface area contributed by atoms with Gasteiger partial charge in [0.05, 0.1) is 0 Å². The molecule has 68 valence electrons. The molecule has 0 aliphatic carbocycles. The Kier molecular flexibility index (Phi) is 9.28. The summed E-state index contributed by atoms with van der Waals surface area (Å²) in [5.74, 6) is -1.59. The Hall–Kier alpha value is 0.450. The zero-order valence-electron chi connectivity index (χ0n) is 10.1. The molecule has 0 radical (unpaired) electrons. The molecule has 0 saturated heterocycles. The van der Waals surface area contributed by atoms with Crippen molar-refractivity contribution >= 4 is 5.97 Å². The molecular formula is C8H10Na2O4. The van der Waals surface area contributed by atoms with Crippen molar-refractivity contribution in [3.05, 3.63) is 29.8 Å². The molecule has 0 aliphatic heterocycles. The third kappa shape index (κ3) is 4.31. The van der Waals surface area contributed by atoms with Gasteiger partial charge < -0.3 is 18.2 Å². The van der Waals surface area contributed by atoms with Crippen molar-refractivity contribution in [2.75, 3.05) is 0 Å². The van der Waals surface area contributed by atoms with Gasteiger partial charge in [-0.05, 0) is 6.07 Å². The number of phenolic OH excluding ortho intramolecular Hbond substituents is 1. The van der Waals surface area contributed by atoms with E-state index in [-0.39, 0.29) is 73.3 Å². The molecule has 0 bridgehead atoms. The van der Waals surface area contributed by atoms with E-state index in [4.69, 9.17) is 15.3 Å². The average Bonchev–Trinajstić information content (AvgIpc) is 2.04. The third-order valence-electron chi connectivity index (χ3n) is 1.47. The van der Waals surface area contributed by atoms with Gasteiger partial charge in [0.1, 0.15) is 5.75 Å². The summed E-state index contributed by atoms with van der Waals surface area (Å²) in [5.41, 5.74) is 0.00463. The first-order valence-corrected chi connectivity index (χ1v) is 3.31. The summed E-state index contributed by atoms with van der Waals surface area (Å²) in [4.78, 5) is 10.3. The fourth-order valence-electron chi connectivity index (χ4n) is 0.852. The Labute approximate surface area is 129 Å². The second kappa shape index (κ2) is 7.70. The van der Waals surface area contributed by atoms with Crippen LogP contribution in [0.25, 0.3) is 0 Å². The fraction of sp³-hybridized carbons (Fsp3) is 0.125. The van der Waals surface area contributed by atoms with E-state index in [1.165, 1.54) is 12.1 Å². The van der Waals surface area contributed by atoms with E-state index in [0.717, 1.165) is 0 Å². The van der Waals surface area contributed by atoms with Crippen LogP contribution in [-0.2, 0) is 4.79 Å². The molecule has 3 N–H and O–H groups in total. The minimum atomic E-state index is -1.66. The summed E-state index contributed by atoms with van der Waals surface area (Å²) in [6.45, 7) is 0. The molecule has 0 fully saturated rings. The minimum Gasteiger partial charge on any atom is -1.00 e. The van der Waals surface area contributed by atoms with Crippen LogP contribution < -0.4 is 59.1 Å². The second-order valence-electron chi connectivity index (χ2n) is 2.30. The maximum absolute atomic E-state index is 10.3. The topological polar surface area (TPSA) is 77.8 Å². The van der Waals surface area contributed by atoms with Crippen LogP contribution in [0.4, 0.5) is 0 Å². The number of hydrogen-bond acceptors (Lipinski definition) is 3. The van der Waals surface area contributed by atoms with Gasteiger partial charge in [0.25, 0.3) is 0 Å². The number of aliphatic hydroxyl groups excluding tert-OH is 1. The van der Waals surface area contributed by atoms with Gasteiger partial charge >= 0.3 is 65.1 Å². The SMILES string of the molecule is O=C(O)C(O)c1ccccc1O.[H-].[H-].[Na+].[Na+]. The van der Waals surface area contributed by atoms with Crippen LogP contribution in [0.1, 0.15) is 14.5 Å². The van der Waals surface area contributed by atoms with Crippen molar-refractivity contribution in [3.8, 4) is 5.75 Å². The number of rotatable bonds is 2. The maximum atomic E-state index is 10.3. The number of aliphatic carboxylic acids is 1. The Bertz CT molecular complexity index is 312. The molecule has 14 heavy (non-hydrogen) atoms. The molecule has 0 amide bonds. The van der Waals surface area contributed by atoms with Crippen molar-refractivity contribution in [2.24, 2.45) is 0 Å². The van der Waals surface area contributed by atoms with Crippen molar-refractivity contribution in [1.82, 2.24) is 0 Å². The van der Waals surface area contributed by atoms with E-state index in [9.17, 15) is 4.79 Å². The number of hydrogen-bond donors (Lipinski definition) is 3. The van der Waals surface area contributed by atoms with Crippen LogP contribution in [0, 0.1) is 0 Å².